The van der Waals surface area contributed by atoms with Crippen LogP contribution in [0, 0.1) is 11.3 Å². The lowest BCUT2D eigenvalue weighted by Crippen LogP contribution is -2.28. The lowest BCUT2D eigenvalue weighted by Gasteiger charge is -2.15. The number of amides is 2. The number of benzene rings is 3. The molecule has 10 heteroatoms. The quantitative estimate of drug-likeness (QED) is 0.378. The van der Waals surface area contributed by atoms with Gasteiger partial charge in [0.1, 0.15) is 0 Å². The number of rotatable bonds is 8. The van der Waals surface area contributed by atoms with Crippen molar-refractivity contribution in [3.63, 3.8) is 0 Å². The number of halogens is 2. The van der Waals surface area contributed by atoms with E-state index >= 15 is 0 Å². The number of nitriles is 1. The van der Waals surface area contributed by atoms with Crippen molar-refractivity contribution in [1.29, 1.82) is 5.26 Å². The Bertz CT molecular complexity index is 1390. The van der Waals surface area contributed by atoms with Crippen LogP contribution in [0.25, 0.3) is 11.1 Å². The topological polar surface area (TPSA) is 102 Å². The largest absolute Gasteiger partial charge is 0.334 e. The number of hydrogen-bond donors (Lipinski definition) is 2. The molecule has 0 fully saturated rings. The molecule has 0 spiro atoms. The van der Waals surface area contributed by atoms with Gasteiger partial charge in [-0.2, -0.15) is 5.26 Å². The van der Waals surface area contributed by atoms with Gasteiger partial charge in [0, 0.05) is 24.3 Å². The van der Waals surface area contributed by atoms with Crippen LogP contribution in [0.15, 0.2) is 59.5 Å². The summed E-state index contributed by atoms with van der Waals surface area (Å²) in [7, 11) is 0.590. The normalized spacial score (nSPS) is 11.2. The Hall–Kier alpha value is -3.09. The predicted octanol–water partition coefficient (Wildman–Crippen LogP) is 5.71. The zero-order chi connectivity index (χ0) is 26.5. The predicted molar refractivity (Wildman–Crippen MR) is 144 cm³/mol. The summed E-state index contributed by atoms with van der Waals surface area (Å²) in [5.41, 5.74) is 3.86. The molecule has 0 aromatic heterocycles. The van der Waals surface area contributed by atoms with E-state index in [1.54, 1.807) is 37.3 Å². The smallest absolute Gasteiger partial charge is 0.319 e. The van der Waals surface area contributed by atoms with Crippen LogP contribution in [-0.2, 0) is 22.9 Å². The summed E-state index contributed by atoms with van der Waals surface area (Å²) in [4.78, 5) is 14.6. The third-order valence-electron chi connectivity index (χ3n) is 5.42. The maximum Gasteiger partial charge on any atom is 0.319 e. The number of anilines is 1. The molecule has 36 heavy (non-hydrogen) atoms. The molecule has 0 atom stereocenters. The van der Waals surface area contributed by atoms with Crippen molar-refractivity contribution in [1.82, 2.24) is 10.2 Å². The second-order valence-electron chi connectivity index (χ2n) is 8.39. The standard InChI is InChI=1S/C26H26Cl2N4O3S/c1-4-36(34,35)22-9-5-17(6-10-22)15-30-26(33)31-21-12-23(27)25(24(28)13-21)18-7-8-19(16-32(2)3)20(11-18)14-29/h5-13H,4,15-16H2,1-3H3,(H2,30,31,33). The summed E-state index contributed by atoms with van der Waals surface area (Å²) in [5, 5.41) is 15.6. The molecule has 0 unspecified atom stereocenters. The molecular formula is C26H26Cl2N4O3S. The molecule has 2 amide bonds. The van der Waals surface area contributed by atoms with E-state index in [4.69, 9.17) is 23.2 Å². The molecule has 0 aliphatic carbocycles. The Morgan fingerprint density at radius 3 is 2.22 bits per heavy atom. The van der Waals surface area contributed by atoms with Gasteiger partial charge < -0.3 is 15.5 Å². The Morgan fingerprint density at radius 1 is 1.03 bits per heavy atom. The van der Waals surface area contributed by atoms with Gasteiger partial charge in [0.2, 0.25) is 0 Å². The molecule has 7 nitrogen and oxygen atoms in total. The van der Waals surface area contributed by atoms with E-state index in [1.807, 2.05) is 31.1 Å². The molecule has 3 aromatic rings. The minimum atomic E-state index is -3.27. The van der Waals surface area contributed by atoms with Gasteiger partial charge in [-0.3, -0.25) is 0 Å². The average Bonchev–Trinajstić information content (AvgIpc) is 2.83. The lowest BCUT2D eigenvalue weighted by molar-refractivity contribution is 0.251. The molecule has 0 bridgehead atoms. The van der Waals surface area contributed by atoms with Crippen molar-refractivity contribution < 1.29 is 13.2 Å². The van der Waals surface area contributed by atoms with Crippen LogP contribution in [0.3, 0.4) is 0 Å². The Kier molecular flexibility index (Phi) is 8.98. The maximum atomic E-state index is 12.4. The van der Waals surface area contributed by atoms with Crippen LogP contribution >= 0.6 is 23.2 Å². The minimum absolute atomic E-state index is 0.0260. The number of carbonyl (C=O) groups is 1. The van der Waals surface area contributed by atoms with Gasteiger partial charge in [-0.25, -0.2) is 13.2 Å². The molecule has 0 saturated heterocycles. The highest BCUT2D eigenvalue weighted by Crippen LogP contribution is 2.38. The third-order valence-corrected chi connectivity index (χ3v) is 7.77. The lowest BCUT2D eigenvalue weighted by atomic mass is 9.99. The molecule has 3 rings (SSSR count). The first kappa shape index (κ1) is 27.5. The zero-order valence-electron chi connectivity index (χ0n) is 20.1. The molecule has 0 aliphatic rings. The number of nitrogens with zero attached hydrogens (tertiary/aromatic N) is 2. The first-order valence-corrected chi connectivity index (χ1v) is 13.5. The van der Waals surface area contributed by atoms with E-state index < -0.39 is 15.9 Å². The van der Waals surface area contributed by atoms with Crippen molar-refractivity contribution in [3.05, 3.63) is 81.3 Å². The molecular weight excluding hydrogens is 519 g/mol. The van der Waals surface area contributed by atoms with Gasteiger partial charge >= 0.3 is 6.03 Å². The van der Waals surface area contributed by atoms with Crippen LogP contribution in [0.1, 0.15) is 23.6 Å². The molecule has 188 valence electrons. The van der Waals surface area contributed by atoms with Gasteiger partial charge in [0.15, 0.2) is 9.84 Å². The van der Waals surface area contributed by atoms with E-state index in [-0.39, 0.29) is 17.2 Å². The van der Waals surface area contributed by atoms with Crippen LogP contribution in [-0.4, -0.2) is 39.2 Å². The number of urea groups is 1. The van der Waals surface area contributed by atoms with Crippen molar-refractivity contribution in [2.45, 2.75) is 24.9 Å². The van der Waals surface area contributed by atoms with E-state index in [0.717, 1.165) is 11.1 Å². The summed E-state index contributed by atoms with van der Waals surface area (Å²) >= 11 is 13.0. The zero-order valence-corrected chi connectivity index (χ0v) is 22.4. The molecule has 0 radical (unpaired) electrons. The molecule has 0 saturated carbocycles. The first-order valence-electron chi connectivity index (χ1n) is 11.1. The molecule has 0 aliphatic heterocycles. The van der Waals surface area contributed by atoms with Crippen LogP contribution in [0.4, 0.5) is 10.5 Å². The monoisotopic (exact) mass is 544 g/mol. The van der Waals surface area contributed by atoms with E-state index in [9.17, 15) is 18.5 Å². The number of nitrogens with one attached hydrogen (secondary N) is 2. The van der Waals surface area contributed by atoms with Gasteiger partial charge in [0.25, 0.3) is 0 Å². The van der Waals surface area contributed by atoms with Gasteiger partial charge in [-0.1, -0.05) is 54.4 Å². The van der Waals surface area contributed by atoms with E-state index in [2.05, 4.69) is 16.7 Å². The highest BCUT2D eigenvalue weighted by Gasteiger charge is 2.15. The highest BCUT2D eigenvalue weighted by molar-refractivity contribution is 7.91. The fourth-order valence-corrected chi connectivity index (χ4v) is 5.16. The minimum Gasteiger partial charge on any atom is -0.334 e. The third kappa shape index (κ3) is 6.77. The molecule has 2 N–H and O–H groups in total. The van der Waals surface area contributed by atoms with Crippen LogP contribution in [0.5, 0.6) is 0 Å². The Balaban J connectivity index is 1.70. The van der Waals surface area contributed by atoms with Gasteiger partial charge in [-0.05, 0) is 61.1 Å². The summed E-state index contributed by atoms with van der Waals surface area (Å²) in [5.74, 6) is 0.0260. The SMILES string of the molecule is CCS(=O)(=O)c1ccc(CNC(=O)Nc2cc(Cl)c(-c3ccc(CN(C)C)c(C#N)c3)c(Cl)c2)cc1. The second-order valence-corrected chi connectivity index (χ2v) is 11.5. The van der Waals surface area contributed by atoms with Crippen molar-refractivity contribution in [3.8, 4) is 17.2 Å². The second kappa shape index (κ2) is 11.8. The van der Waals surface area contributed by atoms with Crippen molar-refractivity contribution in [2.24, 2.45) is 0 Å². The fraction of sp³-hybridized carbons (Fsp3) is 0.231. The van der Waals surface area contributed by atoms with Crippen LogP contribution < -0.4 is 10.6 Å². The Morgan fingerprint density at radius 2 is 1.67 bits per heavy atom. The van der Waals surface area contributed by atoms with E-state index in [1.165, 1.54) is 12.1 Å². The molecule has 3 aromatic carbocycles. The number of hydrogen-bond acceptors (Lipinski definition) is 5. The summed E-state index contributed by atoms with van der Waals surface area (Å²) in [6.45, 7) is 2.42. The summed E-state index contributed by atoms with van der Waals surface area (Å²) in [6, 6.07) is 16.8. The average molecular weight is 545 g/mol. The summed E-state index contributed by atoms with van der Waals surface area (Å²) in [6.07, 6.45) is 0. The van der Waals surface area contributed by atoms with Crippen molar-refractivity contribution in [2.75, 3.05) is 25.2 Å². The van der Waals surface area contributed by atoms with Crippen LogP contribution in [0.2, 0.25) is 10.0 Å². The highest BCUT2D eigenvalue weighted by atomic mass is 35.5. The maximum absolute atomic E-state index is 12.4. The van der Waals surface area contributed by atoms with Gasteiger partial charge in [0.05, 0.1) is 32.3 Å². The molecule has 0 heterocycles. The van der Waals surface area contributed by atoms with Gasteiger partial charge in [-0.15, -0.1) is 0 Å². The van der Waals surface area contributed by atoms with E-state index in [0.29, 0.717) is 39.0 Å². The fourth-order valence-electron chi connectivity index (χ4n) is 3.57. The van der Waals surface area contributed by atoms with Crippen molar-refractivity contribution >= 4 is 44.8 Å². The number of carbonyl (C=O) groups excluding carboxylic acids is 1. The summed E-state index contributed by atoms with van der Waals surface area (Å²) < 4.78 is 23.8. The Labute approximate surface area is 221 Å². The first-order chi connectivity index (χ1) is 17.0. The number of sulfone groups is 1.